The van der Waals surface area contributed by atoms with Crippen LogP contribution in [0.3, 0.4) is 0 Å². The topological polar surface area (TPSA) is 105 Å². The summed E-state index contributed by atoms with van der Waals surface area (Å²) in [5, 5.41) is 2.66. The van der Waals surface area contributed by atoms with Crippen LogP contribution in [0.25, 0.3) is 0 Å². The Morgan fingerprint density at radius 1 is 0.974 bits per heavy atom. The average Bonchev–Trinajstić information content (AvgIpc) is 3.21. The van der Waals surface area contributed by atoms with E-state index in [0.29, 0.717) is 34.9 Å². The SMILES string of the molecule is COc1ccc(CCN(C(=O)c2cccc(C)c2)C2CC(=O)N(c3ccc(NC(C)=O)cc3)C2=O)cc1OC. The summed E-state index contributed by atoms with van der Waals surface area (Å²) in [5.74, 6) is -0.270. The Labute approximate surface area is 227 Å². The molecule has 0 spiro atoms. The quantitative estimate of drug-likeness (QED) is 0.421. The molecule has 9 heteroatoms. The number of imide groups is 1. The van der Waals surface area contributed by atoms with E-state index in [0.717, 1.165) is 16.0 Å². The summed E-state index contributed by atoms with van der Waals surface area (Å²) in [5.41, 5.74) is 3.17. The number of hydrogen-bond acceptors (Lipinski definition) is 6. The van der Waals surface area contributed by atoms with Crippen molar-refractivity contribution in [1.29, 1.82) is 0 Å². The van der Waals surface area contributed by atoms with Gasteiger partial charge in [-0.05, 0) is 67.4 Å². The van der Waals surface area contributed by atoms with Crippen molar-refractivity contribution in [2.24, 2.45) is 0 Å². The van der Waals surface area contributed by atoms with Gasteiger partial charge in [0.15, 0.2) is 11.5 Å². The van der Waals surface area contributed by atoms with Crippen molar-refractivity contribution in [3.8, 4) is 11.5 Å². The molecule has 4 amide bonds. The van der Waals surface area contributed by atoms with E-state index in [1.54, 1.807) is 62.8 Å². The highest BCUT2D eigenvalue weighted by Gasteiger charge is 2.44. The first-order valence-corrected chi connectivity index (χ1v) is 12.5. The highest BCUT2D eigenvalue weighted by molar-refractivity contribution is 6.23. The lowest BCUT2D eigenvalue weighted by Crippen LogP contribution is -2.46. The van der Waals surface area contributed by atoms with Gasteiger partial charge in [0.2, 0.25) is 11.8 Å². The first kappa shape index (κ1) is 27.4. The summed E-state index contributed by atoms with van der Waals surface area (Å²) in [6.07, 6.45) is 0.303. The Hall–Kier alpha value is -4.66. The molecule has 1 N–H and O–H groups in total. The van der Waals surface area contributed by atoms with E-state index < -0.39 is 17.9 Å². The van der Waals surface area contributed by atoms with Crippen molar-refractivity contribution in [2.75, 3.05) is 31.0 Å². The largest absolute Gasteiger partial charge is 0.493 e. The molecule has 1 aliphatic rings. The number of amides is 4. The van der Waals surface area contributed by atoms with Gasteiger partial charge in [0.1, 0.15) is 6.04 Å². The third-order valence-electron chi connectivity index (χ3n) is 6.56. The number of ether oxygens (including phenoxy) is 2. The van der Waals surface area contributed by atoms with Crippen molar-refractivity contribution in [2.45, 2.75) is 32.7 Å². The van der Waals surface area contributed by atoms with Gasteiger partial charge in [-0.1, -0.05) is 23.8 Å². The van der Waals surface area contributed by atoms with Crippen LogP contribution >= 0.6 is 0 Å². The molecule has 1 aliphatic heterocycles. The van der Waals surface area contributed by atoms with E-state index in [2.05, 4.69) is 5.32 Å². The summed E-state index contributed by atoms with van der Waals surface area (Å²) in [4.78, 5) is 54.3. The number of carbonyl (C=O) groups is 4. The van der Waals surface area contributed by atoms with Gasteiger partial charge in [-0.25, -0.2) is 4.90 Å². The molecular formula is C30H31N3O6. The van der Waals surface area contributed by atoms with Gasteiger partial charge in [-0.3, -0.25) is 19.2 Å². The first-order chi connectivity index (χ1) is 18.7. The molecule has 0 saturated carbocycles. The number of anilines is 2. The van der Waals surface area contributed by atoms with Crippen LogP contribution in [0, 0.1) is 6.92 Å². The number of nitrogens with zero attached hydrogens (tertiary/aromatic N) is 2. The Kier molecular flexibility index (Phi) is 8.29. The monoisotopic (exact) mass is 529 g/mol. The van der Waals surface area contributed by atoms with Gasteiger partial charge in [0.05, 0.1) is 26.3 Å². The first-order valence-electron chi connectivity index (χ1n) is 12.5. The number of aryl methyl sites for hydroxylation is 1. The van der Waals surface area contributed by atoms with Crippen LogP contribution in [-0.2, 0) is 20.8 Å². The Morgan fingerprint density at radius 2 is 1.69 bits per heavy atom. The molecule has 39 heavy (non-hydrogen) atoms. The van der Waals surface area contributed by atoms with Crippen LogP contribution in [0.2, 0.25) is 0 Å². The van der Waals surface area contributed by atoms with E-state index >= 15 is 0 Å². The number of rotatable bonds is 9. The highest BCUT2D eigenvalue weighted by Crippen LogP contribution is 2.30. The maximum Gasteiger partial charge on any atom is 0.257 e. The second-order valence-corrected chi connectivity index (χ2v) is 9.32. The Morgan fingerprint density at radius 3 is 2.33 bits per heavy atom. The minimum Gasteiger partial charge on any atom is -0.493 e. The molecule has 202 valence electrons. The van der Waals surface area contributed by atoms with E-state index in [9.17, 15) is 19.2 Å². The average molecular weight is 530 g/mol. The Bertz CT molecular complexity index is 1400. The summed E-state index contributed by atoms with van der Waals surface area (Å²) in [6.45, 7) is 3.50. The second-order valence-electron chi connectivity index (χ2n) is 9.32. The van der Waals surface area contributed by atoms with E-state index in [1.165, 1.54) is 11.8 Å². The molecule has 0 bridgehead atoms. The number of benzene rings is 3. The molecule has 9 nitrogen and oxygen atoms in total. The molecule has 1 unspecified atom stereocenters. The summed E-state index contributed by atoms with van der Waals surface area (Å²) < 4.78 is 10.7. The summed E-state index contributed by atoms with van der Waals surface area (Å²) >= 11 is 0. The number of hydrogen-bond donors (Lipinski definition) is 1. The van der Waals surface area contributed by atoms with Crippen molar-refractivity contribution in [3.63, 3.8) is 0 Å². The predicted octanol–water partition coefficient (Wildman–Crippen LogP) is 3.99. The van der Waals surface area contributed by atoms with E-state index in [4.69, 9.17) is 9.47 Å². The zero-order chi connectivity index (χ0) is 28.1. The molecule has 4 rings (SSSR count). The molecule has 0 radical (unpaired) electrons. The molecule has 1 atom stereocenters. The molecule has 3 aromatic carbocycles. The molecular weight excluding hydrogens is 498 g/mol. The molecule has 1 fully saturated rings. The fraction of sp³-hybridized carbons (Fsp3) is 0.267. The minimum atomic E-state index is -0.958. The third-order valence-corrected chi connectivity index (χ3v) is 6.56. The summed E-state index contributed by atoms with van der Waals surface area (Å²) in [6, 6.07) is 18.1. The standard InChI is InChI=1S/C30H31N3O6/c1-19-6-5-7-22(16-19)29(36)32(15-14-21-8-13-26(38-3)27(17-21)39-4)25-18-28(35)33(30(25)37)24-11-9-23(10-12-24)31-20(2)34/h5-13,16-17,25H,14-15,18H2,1-4H3,(H,31,34). The van der Waals surface area contributed by atoms with Crippen LogP contribution in [0.5, 0.6) is 11.5 Å². The van der Waals surface area contributed by atoms with Crippen molar-refractivity contribution >= 4 is 35.0 Å². The third kappa shape index (κ3) is 6.09. The smallest absolute Gasteiger partial charge is 0.257 e. The fourth-order valence-corrected chi connectivity index (χ4v) is 4.66. The van der Waals surface area contributed by atoms with Gasteiger partial charge in [-0.15, -0.1) is 0 Å². The van der Waals surface area contributed by atoms with Gasteiger partial charge in [-0.2, -0.15) is 0 Å². The fourth-order valence-electron chi connectivity index (χ4n) is 4.66. The van der Waals surface area contributed by atoms with Gasteiger partial charge < -0.3 is 19.7 Å². The van der Waals surface area contributed by atoms with Crippen LogP contribution in [0.1, 0.15) is 34.8 Å². The van der Waals surface area contributed by atoms with E-state index in [1.807, 2.05) is 25.1 Å². The number of nitrogens with one attached hydrogen (secondary N) is 1. The normalized spacial score (nSPS) is 14.8. The van der Waals surface area contributed by atoms with E-state index in [-0.39, 0.29) is 24.8 Å². The lowest BCUT2D eigenvalue weighted by atomic mass is 10.1. The lowest BCUT2D eigenvalue weighted by molar-refractivity contribution is -0.122. The van der Waals surface area contributed by atoms with Crippen LogP contribution < -0.4 is 19.7 Å². The second kappa shape index (κ2) is 11.8. The van der Waals surface area contributed by atoms with Crippen LogP contribution in [0.4, 0.5) is 11.4 Å². The van der Waals surface area contributed by atoms with Crippen LogP contribution in [0.15, 0.2) is 66.7 Å². The minimum absolute atomic E-state index is 0.129. The van der Waals surface area contributed by atoms with Gasteiger partial charge in [0.25, 0.3) is 11.8 Å². The van der Waals surface area contributed by atoms with Crippen molar-refractivity contribution < 1.29 is 28.7 Å². The Balaban J connectivity index is 1.62. The van der Waals surface area contributed by atoms with Crippen molar-refractivity contribution in [1.82, 2.24) is 4.90 Å². The molecule has 0 aliphatic carbocycles. The predicted molar refractivity (Wildman–Crippen MR) is 147 cm³/mol. The molecule has 0 aromatic heterocycles. The van der Waals surface area contributed by atoms with Gasteiger partial charge in [0, 0.05) is 24.7 Å². The molecule has 3 aromatic rings. The molecule has 1 heterocycles. The lowest BCUT2D eigenvalue weighted by Gasteiger charge is -2.28. The van der Waals surface area contributed by atoms with Crippen molar-refractivity contribution in [3.05, 3.63) is 83.4 Å². The highest BCUT2D eigenvalue weighted by atomic mass is 16.5. The van der Waals surface area contributed by atoms with Gasteiger partial charge >= 0.3 is 0 Å². The molecule has 1 saturated heterocycles. The zero-order valence-electron chi connectivity index (χ0n) is 22.4. The maximum absolute atomic E-state index is 13.7. The zero-order valence-corrected chi connectivity index (χ0v) is 22.4. The number of methoxy groups -OCH3 is 2. The number of carbonyl (C=O) groups excluding carboxylic acids is 4. The maximum atomic E-state index is 13.7. The summed E-state index contributed by atoms with van der Waals surface area (Å²) in [7, 11) is 3.11. The van der Waals surface area contributed by atoms with Crippen LogP contribution in [-0.4, -0.2) is 55.3 Å².